The molecule has 0 aliphatic carbocycles. The van der Waals surface area contributed by atoms with Gasteiger partial charge in [0.1, 0.15) is 12.7 Å². The fraction of sp³-hybridized carbons (Fsp3) is 0.421. The maximum atomic E-state index is 12.8. The predicted molar refractivity (Wildman–Crippen MR) is 100.0 cm³/mol. The summed E-state index contributed by atoms with van der Waals surface area (Å²) in [4.78, 5) is 43.2. The molecule has 3 rings (SSSR count). The molecule has 1 fully saturated rings. The summed E-state index contributed by atoms with van der Waals surface area (Å²) in [6.07, 6.45) is 3.91. The van der Waals surface area contributed by atoms with Gasteiger partial charge in [-0.25, -0.2) is 9.67 Å². The van der Waals surface area contributed by atoms with Crippen molar-refractivity contribution in [1.29, 1.82) is 0 Å². The summed E-state index contributed by atoms with van der Waals surface area (Å²) in [5.41, 5.74) is 2.09. The van der Waals surface area contributed by atoms with Gasteiger partial charge in [-0.1, -0.05) is 0 Å². The number of rotatable bonds is 5. The van der Waals surface area contributed by atoms with Gasteiger partial charge in [-0.3, -0.25) is 14.4 Å². The number of amides is 2. The number of aliphatic carboxylic acids is 1. The van der Waals surface area contributed by atoms with E-state index in [1.807, 2.05) is 13.0 Å². The minimum atomic E-state index is -0.816. The van der Waals surface area contributed by atoms with Gasteiger partial charge in [0.2, 0.25) is 5.91 Å². The second-order valence-corrected chi connectivity index (χ2v) is 6.99. The lowest BCUT2D eigenvalue weighted by Crippen LogP contribution is -2.45. The molecule has 1 N–H and O–H groups in total. The van der Waals surface area contributed by atoms with Gasteiger partial charge < -0.3 is 14.9 Å². The first-order valence-corrected chi connectivity index (χ1v) is 9.08. The third-order valence-corrected chi connectivity index (χ3v) is 5.04. The van der Waals surface area contributed by atoms with Crippen molar-refractivity contribution in [3.05, 3.63) is 42.0 Å². The lowest BCUT2D eigenvalue weighted by atomic mass is 9.97. The number of likely N-dealkylation sites (tertiary alicyclic amines) is 1. The van der Waals surface area contributed by atoms with E-state index in [2.05, 4.69) is 10.1 Å². The van der Waals surface area contributed by atoms with E-state index in [-0.39, 0.29) is 18.4 Å². The molecular formula is C19H23N5O4. The van der Waals surface area contributed by atoms with Crippen LogP contribution in [0.3, 0.4) is 0 Å². The molecule has 0 unspecified atom stereocenters. The van der Waals surface area contributed by atoms with Gasteiger partial charge in [0, 0.05) is 25.7 Å². The average Bonchev–Trinajstić information content (AvgIpc) is 3.22. The van der Waals surface area contributed by atoms with Crippen LogP contribution in [0, 0.1) is 12.8 Å². The van der Waals surface area contributed by atoms with E-state index in [0.717, 1.165) is 11.3 Å². The molecule has 0 radical (unpaired) electrons. The van der Waals surface area contributed by atoms with Gasteiger partial charge in [-0.15, -0.1) is 0 Å². The Labute approximate surface area is 162 Å². The fourth-order valence-electron chi connectivity index (χ4n) is 3.33. The van der Waals surface area contributed by atoms with Crippen molar-refractivity contribution >= 4 is 17.8 Å². The Kier molecular flexibility index (Phi) is 5.72. The third kappa shape index (κ3) is 4.19. The summed E-state index contributed by atoms with van der Waals surface area (Å²) in [7, 11) is 1.59. The first kappa shape index (κ1) is 19.5. The number of carbonyl (C=O) groups is 3. The number of carboxylic acids is 1. The lowest BCUT2D eigenvalue weighted by Gasteiger charge is -2.31. The third-order valence-electron chi connectivity index (χ3n) is 5.04. The molecule has 1 saturated heterocycles. The van der Waals surface area contributed by atoms with Gasteiger partial charge in [-0.05, 0) is 43.5 Å². The molecular weight excluding hydrogens is 362 g/mol. The molecule has 9 heteroatoms. The molecule has 1 aliphatic heterocycles. The second-order valence-electron chi connectivity index (χ2n) is 6.99. The monoisotopic (exact) mass is 385 g/mol. The number of hydrogen-bond donors (Lipinski definition) is 1. The van der Waals surface area contributed by atoms with Crippen LogP contribution in [-0.2, 0) is 9.59 Å². The Morgan fingerprint density at radius 1 is 1.25 bits per heavy atom. The van der Waals surface area contributed by atoms with E-state index in [1.165, 1.54) is 11.2 Å². The van der Waals surface area contributed by atoms with Crippen LogP contribution >= 0.6 is 0 Å². The highest BCUT2D eigenvalue weighted by atomic mass is 16.4. The van der Waals surface area contributed by atoms with Crippen molar-refractivity contribution in [3.8, 4) is 5.69 Å². The molecule has 0 bridgehead atoms. The Hall–Kier alpha value is -3.23. The summed E-state index contributed by atoms with van der Waals surface area (Å²) in [6, 6.07) is 5.34. The average molecular weight is 385 g/mol. The molecule has 148 valence electrons. The minimum Gasteiger partial charge on any atom is -0.481 e. The SMILES string of the molecule is Cc1cc(-n2cncn2)ccc1C(=O)N(C)CC(=O)N1CCC(C(=O)O)CC1. The number of carbonyl (C=O) groups excluding carboxylic acids is 2. The van der Waals surface area contributed by atoms with Gasteiger partial charge in [0.25, 0.3) is 5.91 Å². The smallest absolute Gasteiger partial charge is 0.306 e. The van der Waals surface area contributed by atoms with Crippen molar-refractivity contribution in [3.63, 3.8) is 0 Å². The zero-order chi connectivity index (χ0) is 20.3. The van der Waals surface area contributed by atoms with Crippen molar-refractivity contribution in [2.24, 2.45) is 5.92 Å². The van der Waals surface area contributed by atoms with E-state index < -0.39 is 11.9 Å². The van der Waals surface area contributed by atoms with Crippen molar-refractivity contribution in [2.45, 2.75) is 19.8 Å². The number of likely N-dealkylation sites (N-methyl/N-ethyl adjacent to an activating group) is 1. The number of hydrogen-bond acceptors (Lipinski definition) is 5. The van der Waals surface area contributed by atoms with Crippen molar-refractivity contribution in [1.82, 2.24) is 24.6 Å². The zero-order valence-electron chi connectivity index (χ0n) is 15.9. The molecule has 28 heavy (non-hydrogen) atoms. The Morgan fingerprint density at radius 3 is 2.54 bits per heavy atom. The number of piperidine rings is 1. The Bertz CT molecular complexity index is 872. The molecule has 9 nitrogen and oxygen atoms in total. The maximum absolute atomic E-state index is 12.8. The molecule has 2 amide bonds. The summed E-state index contributed by atoms with van der Waals surface area (Å²) in [5, 5.41) is 13.1. The van der Waals surface area contributed by atoms with Crippen LogP contribution in [-0.4, -0.2) is 74.1 Å². The topological polar surface area (TPSA) is 109 Å². The summed E-state index contributed by atoms with van der Waals surface area (Å²) in [6.45, 7) is 2.60. The molecule has 1 aromatic heterocycles. The first-order valence-electron chi connectivity index (χ1n) is 9.08. The summed E-state index contributed by atoms with van der Waals surface area (Å²) >= 11 is 0. The normalized spacial score (nSPS) is 14.7. The van der Waals surface area contributed by atoms with Crippen molar-refractivity contribution in [2.75, 3.05) is 26.7 Å². The molecule has 2 heterocycles. The van der Waals surface area contributed by atoms with Crippen molar-refractivity contribution < 1.29 is 19.5 Å². The summed E-state index contributed by atoms with van der Waals surface area (Å²) < 4.78 is 1.61. The van der Waals surface area contributed by atoms with E-state index in [0.29, 0.717) is 31.5 Å². The molecule has 0 atom stereocenters. The molecule has 2 aromatic rings. The van der Waals surface area contributed by atoms with E-state index >= 15 is 0 Å². The van der Waals surface area contributed by atoms with E-state index in [1.54, 1.807) is 35.1 Å². The van der Waals surface area contributed by atoms with Gasteiger partial charge in [-0.2, -0.15) is 5.10 Å². The number of nitrogens with zero attached hydrogens (tertiary/aromatic N) is 5. The van der Waals surface area contributed by atoms with E-state index in [4.69, 9.17) is 5.11 Å². The standard InChI is InChI=1S/C19H23N5O4/c1-13-9-15(24-12-20-11-21-24)3-4-16(13)18(26)22(2)10-17(25)23-7-5-14(6-8-23)19(27)28/h3-4,9,11-12,14H,5-8,10H2,1-2H3,(H,27,28). The number of benzene rings is 1. The van der Waals surface area contributed by atoms with Crippen LogP contribution in [0.4, 0.5) is 0 Å². The van der Waals surface area contributed by atoms with Gasteiger partial charge in [0.15, 0.2) is 0 Å². The van der Waals surface area contributed by atoms with Crippen LogP contribution in [0.1, 0.15) is 28.8 Å². The Morgan fingerprint density at radius 2 is 1.96 bits per heavy atom. The highest BCUT2D eigenvalue weighted by molar-refractivity contribution is 5.97. The first-order chi connectivity index (χ1) is 13.4. The van der Waals surface area contributed by atoms with Crippen LogP contribution < -0.4 is 0 Å². The highest BCUT2D eigenvalue weighted by Gasteiger charge is 2.28. The van der Waals surface area contributed by atoms with Gasteiger partial charge in [0.05, 0.1) is 18.2 Å². The largest absolute Gasteiger partial charge is 0.481 e. The Balaban J connectivity index is 1.61. The maximum Gasteiger partial charge on any atom is 0.306 e. The summed E-state index contributed by atoms with van der Waals surface area (Å²) in [5.74, 6) is -1.62. The zero-order valence-corrected chi connectivity index (χ0v) is 15.9. The molecule has 1 aliphatic rings. The number of aryl methyl sites for hydroxylation is 1. The van der Waals surface area contributed by atoms with Crippen LogP contribution in [0.5, 0.6) is 0 Å². The molecule has 1 aromatic carbocycles. The number of carboxylic acid groups (broad SMARTS) is 1. The second kappa shape index (κ2) is 8.20. The van der Waals surface area contributed by atoms with Crippen LogP contribution in [0.15, 0.2) is 30.9 Å². The van der Waals surface area contributed by atoms with Crippen LogP contribution in [0.2, 0.25) is 0 Å². The van der Waals surface area contributed by atoms with Gasteiger partial charge >= 0.3 is 5.97 Å². The quantitative estimate of drug-likeness (QED) is 0.822. The predicted octanol–water partition coefficient (Wildman–Crippen LogP) is 0.971. The van der Waals surface area contributed by atoms with Crippen LogP contribution in [0.25, 0.3) is 5.69 Å². The highest BCUT2D eigenvalue weighted by Crippen LogP contribution is 2.18. The lowest BCUT2D eigenvalue weighted by molar-refractivity contribution is -0.145. The van der Waals surface area contributed by atoms with E-state index in [9.17, 15) is 14.4 Å². The fourth-order valence-corrected chi connectivity index (χ4v) is 3.33. The molecule has 0 saturated carbocycles. The minimum absolute atomic E-state index is 0.0408. The number of aromatic nitrogens is 3. The molecule has 0 spiro atoms.